The van der Waals surface area contributed by atoms with Gasteiger partial charge in [-0.2, -0.15) is 17.5 Å². The minimum Gasteiger partial charge on any atom is -0.386 e. The van der Waals surface area contributed by atoms with Crippen LogP contribution in [0.15, 0.2) is 34.3 Å². The van der Waals surface area contributed by atoms with Crippen molar-refractivity contribution in [1.82, 2.24) is 9.62 Å². The zero-order valence-corrected chi connectivity index (χ0v) is 17.4. The molecule has 1 aliphatic rings. The first-order chi connectivity index (χ1) is 14.0. The molecular formula is C18H24F3N3O5S. The SMILES string of the molecule is COCC(C)NC(=O)CON=C1CCN(S(=O)(=O)c2cccc(C(F)(F)F)c2)CC1. The summed E-state index contributed by atoms with van der Waals surface area (Å²) in [5.41, 5.74) is -0.447. The van der Waals surface area contributed by atoms with E-state index in [1.165, 1.54) is 7.11 Å². The molecule has 1 atom stereocenters. The zero-order chi connectivity index (χ0) is 22.4. The van der Waals surface area contributed by atoms with Crippen molar-refractivity contribution in [2.45, 2.75) is 36.9 Å². The third-order valence-electron chi connectivity index (χ3n) is 4.31. The van der Waals surface area contributed by atoms with Crippen LogP contribution in [0.5, 0.6) is 0 Å². The van der Waals surface area contributed by atoms with Crippen LogP contribution in [0.3, 0.4) is 0 Å². The maximum atomic E-state index is 12.9. The molecule has 2 rings (SSSR count). The molecule has 0 aliphatic carbocycles. The number of carbonyl (C=O) groups is 1. The van der Waals surface area contributed by atoms with Crippen molar-refractivity contribution in [2.24, 2.45) is 5.16 Å². The number of halogens is 3. The van der Waals surface area contributed by atoms with E-state index in [0.29, 0.717) is 18.4 Å². The highest BCUT2D eigenvalue weighted by atomic mass is 32.2. The standard InChI is InChI=1S/C18H24F3N3O5S/c1-13(11-28-2)22-17(25)12-29-23-15-6-8-24(9-7-15)30(26,27)16-5-3-4-14(10-16)18(19,20)21/h3-5,10,13H,6-9,11-12H2,1-2H3,(H,22,25). The van der Waals surface area contributed by atoms with E-state index in [1.54, 1.807) is 6.92 Å². The maximum absolute atomic E-state index is 12.9. The summed E-state index contributed by atoms with van der Waals surface area (Å²) in [5.74, 6) is -0.367. The van der Waals surface area contributed by atoms with Crippen molar-refractivity contribution < 1.29 is 36.0 Å². The van der Waals surface area contributed by atoms with Gasteiger partial charge in [0.1, 0.15) is 0 Å². The average molecular weight is 451 g/mol. The molecule has 0 bridgehead atoms. The molecule has 1 heterocycles. The second kappa shape index (κ2) is 10.2. The predicted octanol–water partition coefficient (Wildman–Crippen LogP) is 2.01. The Hall–Kier alpha value is -2.18. The minimum atomic E-state index is -4.63. The largest absolute Gasteiger partial charge is 0.416 e. The number of alkyl halides is 3. The summed E-state index contributed by atoms with van der Waals surface area (Å²) in [4.78, 5) is 16.3. The van der Waals surface area contributed by atoms with Crippen LogP contribution in [-0.4, -0.2) is 63.8 Å². The summed E-state index contributed by atoms with van der Waals surface area (Å²) in [7, 11) is -2.54. The Morgan fingerprint density at radius 2 is 1.97 bits per heavy atom. The zero-order valence-electron chi connectivity index (χ0n) is 16.6. The molecule has 0 aromatic heterocycles. The van der Waals surface area contributed by atoms with Gasteiger partial charge in [0.25, 0.3) is 5.91 Å². The summed E-state index contributed by atoms with van der Waals surface area (Å²) in [6.45, 7) is 1.95. The van der Waals surface area contributed by atoms with Crippen molar-refractivity contribution in [1.29, 1.82) is 0 Å². The van der Waals surface area contributed by atoms with Crippen molar-refractivity contribution in [2.75, 3.05) is 33.4 Å². The summed E-state index contributed by atoms with van der Waals surface area (Å²) >= 11 is 0. The fourth-order valence-electron chi connectivity index (χ4n) is 2.85. The first-order valence-electron chi connectivity index (χ1n) is 9.17. The first-order valence-corrected chi connectivity index (χ1v) is 10.6. The van der Waals surface area contributed by atoms with Gasteiger partial charge in [-0.1, -0.05) is 11.2 Å². The molecule has 1 N–H and O–H groups in total. The highest BCUT2D eigenvalue weighted by Gasteiger charge is 2.33. The number of piperidine rings is 1. The maximum Gasteiger partial charge on any atom is 0.416 e. The highest BCUT2D eigenvalue weighted by Crippen LogP contribution is 2.31. The molecule has 0 saturated carbocycles. The van der Waals surface area contributed by atoms with Crippen LogP contribution in [0.1, 0.15) is 25.3 Å². The number of amides is 1. The molecule has 1 unspecified atom stereocenters. The van der Waals surface area contributed by atoms with Crippen LogP contribution in [0.2, 0.25) is 0 Å². The number of rotatable bonds is 8. The van der Waals surface area contributed by atoms with Gasteiger partial charge in [0.15, 0.2) is 6.61 Å². The Morgan fingerprint density at radius 1 is 1.30 bits per heavy atom. The summed E-state index contributed by atoms with van der Waals surface area (Å²) in [6.07, 6.45) is -4.13. The lowest BCUT2D eigenvalue weighted by Gasteiger charge is -2.26. The van der Waals surface area contributed by atoms with Crippen LogP contribution in [0.4, 0.5) is 13.2 Å². The van der Waals surface area contributed by atoms with Crippen molar-refractivity contribution in [3.63, 3.8) is 0 Å². The number of sulfonamides is 1. The predicted molar refractivity (Wildman–Crippen MR) is 102 cm³/mol. The summed E-state index contributed by atoms with van der Waals surface area (Å²) in [6, 6.07) is 3.48. The first kappa shape index (κ1) is 24.1. The number of hydrogen-bond acceptors (Lipinski definition) is 6. The Morgan fingerprint density at radius 3 is 2.57 bits per heavy atom. The van der Waals surface area contributed by atoms with Crippen LogP contribution < -0.4 is 5.32 Å². The number of carbonyl (C=O) groups excluding carboxylic acids is 1. The molecule has 30 heavy (non-hydrogen) atoms. The molecule has 1 aliphatic heterocycles. The normalized spacial score (nSPS) is 16.8. The van der Waals surface area contributed by atoms with E-state index >= 15 is 0 Å². The molecule has 168 valence electrons. The number of hydrogen-bond donors (Lipinski definition) is 1. The Labute approximate surface area is 173 Å². The number of benzene rings is 1. The van der Waals surface area contributed by atoms with Crippen LogP contribution in [-0.2, 0) is 30.6 Å². The van der Waals surface area contributed by atoms with Crippen molar-refractivity contribution in [3.05, 3.63) is 29.8 Å². The smallest absolute Gasteiger partial charge is 0.386 e. The topological polar surface area (TPSA) is 97.3 Å². The van der Waals surface area contributed by atoms with Gasteiger partial charge < -0.3 is 14.9 Å². The quantitative estimate of drug-likeness (QED) is 0.610. The molecule has 1 amide bonds. The molecule has 12 heteroatoms. The Bertz CT molecular complexity index is 864. The average Bonchev–Trinajstić information content (AvgIpc) is 2.68. The fraction of sp³-hybridized carbons (Fsp3) is 0.556. The van der Waals surface area contributed by atoms with Gasteiger partial charge in [-0.25, -0.2) is 8.42 Å². The van der Waals surface area contributed by atoms with E-state index in [4.69, 9.17) is 9.57 Å². The number of nitrogens with zero attached hydrogens (tertiary/aromatic N) is 2. The van der Waals surface area contributed by atoms with Gasteiger partial charge in [-0.3, -0.25) is 4.79 Å². The van der Waals surface area contributed by atoms with Gasteiger partial charge in [-0.05, 0) is 25.1 Å². The second-order valence-electron chi connectivity index (χ2n) is 6.78. The van der Waals surface area contributed by atoms with Crippen LogP contribution in [0.25, 0.3) is 0 Å². The Balaban J connectivity index is 1.90. The number of methoxy groups -OCH3 is 1. The van der Waals surface area contributed by atoms with E-state index < -0.39 is 26.7 Å². The number of oxime groups is 1. The molecule has 1 aromatic carbocycles. The molecule has 1 saturated heterocycles. The molecule has 1 fully saturated rings. The molecule has 8 nitrogen and oxygen atoms in total. The van der Waals surface area contributed by atoms with Gasteiger partial charge in [0, 0.05) is 39.1 Å². The fourth-order valence-corrected chi connectivity index (χ4v) is 4.34. The van der Waals surface area contributed by atoms with Crippen LogP contribution >= 0.6 is 0 Å². The second-order valence-corrected chi connectivity index (χ2v) is 8.72. The van der Waals surface area contributed by atoms with Crippen molar-refractivity contribution >= 4 is 21.6 Å². The van der Waals surface area contributed by atoms with Gasteiger partial charge in [0.2, 0.25) is 10.0 Å². The van der Waals surface area contributed by atoms with E-state index in [-0.39, 0.29) is 44.5 Å². The van der Waals surface area contributed by atoms with E-state index in [1.807, 2.05) is 0 Å². The van der Waals surface area contributed by atoms with Crippen LogP contribution in [0, 0.1) is 0 Å². The lowest BCUT2D eigenvalue weighted by atomic mass is 10.1. The molecule has 1 aromatic rings. The third-order valence-corrected chi connectivity index (χ3v) is 6.21. The number of ether oxygens (including phenoxy) is 1. The van der Waals surface area contributed by atoms with Gasteiger partial charge in [-0.15, -0.1) is 0 Å². The van der Waals surface area contributed by atoms with Gasteiger partial charge in [0.05, 0.1) is 22.8 Å². The van der Waals surface area contributed by atoms with Crippen molar-refractivity contribution in [3.8, 4) is 0 Å². The van der Waals surface area contributed by atoms with E-state index in [9.17, 15) is 26.4 Å². The lowest BCUT2D eigenvalue weighted by molar-refractivity contribution is -0.137. The molecular weight excluding hydrogens is 427 g/mol. The lowest BCUT2D eigenvalue weighted by Crippen LogP contribution is -2.39. The number of nitrogens with one attached hydrogen (secondary N) is 1. The molecule has 0 radical (unpaired) electrons. The molecule has 0 spiro atoms. The minimum absolute atomic E-state index is 0.0534. The monoisotopic (exact) mass is 451 g/mol. The van der Waals surface area contributed by atoms with E-state index in [0.717, 1.165) is 22.5 Å². The third kappa shape index (κ3) is 6.67. The summed E-state index contributed by atoms with van der Waals surface area (Å²) < 4.78 is 69.9. The summed E-state index contributed by atoms with van der Waals surface area (Å²) in [5, 5.41) is 6.52. The highest BCUT2D eigenvalue weighted by molar-refractivity contribution is 7.89. The van der Waals surface area contributed by atoms with E-state index in [2.05, 4.69) is 10.5 Å². The Kier molecular flexibility index (Phi) is 8.21. The van der Waals surface area contributed by atoms with Gasteiger partial charge >= 0.3 is 6.18 Å².